The number of nitrogens with zero attached hydrogens (tertiary/aromatic N) is 1. The number of nitrogens with one attached hydrogen (secondary N) is 1. The minimum Gasteiger partial charge on any atom is -0.349 e. The van der Waals surface area contributed by atoms with Crippen molar-refractivity contribution in [2.45, 2.75) is 36.1 Å². The van der Waals surface area contributed by atoms with Crippen LogP contribution in [-0.2, 0) is 0 Å². The molecule has 0 aliphatic carbocycles. The molecule has 4 heteroatoms. The van der Waals surface area contributed by atoms with Crippen molar-refractivity contribution in [1.82, 2.24) is 10.2 Å². The summed E-state index contributed by atoms with van der Waals surface area (Å²) in [5.74, 6) is 0.472. The second kappa shape index (κ2) is 11.3. The Kier molecular flexibility index (Phi) is 8.02. The standard InChI is InChI=1S/C28H32N2OS/c1-32-27-15-9-8-14-26(27)28(31)29-24-16-19-30(20-17-24)21-18-25(22-10-4-2-5-11-22)23-12-6-3-7-13-23/h2-15,24-25H,16-21H2,1H3,(H,29,31). The number of rotatable bonds is 8. The van der Waals surface area contributed by atoms with Gasteiger partial charge in [0.2, 0.25) is 0 Å². The average Bonchev–Trinajstić information content (AvgIpc) is 2.86. The van der Waals surface area contributed by atoms with E-state index in [2.05, 4.69) is 70.9 Å². The zero-order valence-electron chi connectivity index (χ0n) is 18.7. The SMILES string of the molecule is CSc1ccccc1C(=O)NC1CCN(CCC(c2ccccc2)c2ccccc2)CC1. The van der Waals surface area contributed by atoms with Crippen LogP contribution < -0.4 is 5.32 Å². The van der Waals surface area contributed by atoms with Gasteiger partial charge in [0, 0.05) is 29.9 Å². The number of hydrogen-bond donors (Lipinski definition) is 1. The molecule has 1 aliphatic heterocycles. The van der Waals surface area contributed by atoms with E-state index < -0.39 is 0 Å². The van der Waals surface area contributed by atoms with Crippen molar-refractivity contribution in [2.24, 2.45) is 0 Å². The molecule has 0 spiro atoms. The first-order valence-corrected chi connectivity index (χ1v) is 12.7. The van der Waals surface area contributed by atoms with Gasteiger partial charge in [-0.1, -0.05) is 72.8 Å². The molecule has 0 bridgehead atoms. The molecule has 0 aromatic heterocycles. The number of benzene rings is 3. The van der Waals surface area contributed by atoms with Gasteiger partial charge in [-0.15, -0.1) is 11.8 Å². The topological polar surface area (TPSA) is 32.3 Å². The zero-order chi connectivity index (χ0) is 22.2. The molecular formula is C28H32N2OS. The van der Waals surface area contributed by atoms with E-state index in [0.29, 0.717) is 5.92 Å². The fourth-order valence-electron chi connectivity index (χ4n) is 4.60. The Balaban J connectivity index is 1.31. The summed E-state index contributed by atoms with van der Waals surface area (Å²) >= 11 is 1.62. The molecule has 0 atom stereocenters. The highest BCUT2D eigenvalue weighted by molar-refractivity contribution is 7.98. The third kappa shape index (κ3) is 5.81. The summed E-state index contributed by atoms with van der Waals surface area (Å²) in [5, 5.41) is 3.27. The lowest BCUT2D eigenvalue weighted by Crippen LogP contribution is -2.45. The van der Waals surface area contributed by atoms with E-state index in [0.717, 1.165) is 49.4 Å². The van der Waals surface area contributed by atoms with Crippen LogP contribution in [0.25, 0.3) is 0 Å². The highest BCUT2D eigenvalue weighted by Gasteiger charge is 2.23. The molecular weight excluding hydrogens is 412 g/mol. The van der Waals surface area contributed by atoms with Crippen LogP contribution in [0, 0.1) is 0 Å². The molecule has 166 valence electrons. The van der Waals surface area contributed by atoms with E-state index in [9.17, 15) is 4.79 Å². The summed E-state index contributed by atoms with van der Waals surface area (Å²) in [6, 6.07) is 29.8. The first kappa shape index (κ1) is 22.6. The molecule has 0 radical (unpaired) electrons. The fourth-order valence-corrected chi connectivity index (χ4v) is 5.20. The Bertz CT molecular complexity index is 945. The van der Waals surface area contributed by atoms with Crippen LogP contribution in [0.15, 0.2) is 89.8 Å². The van der Waals surface area contributed by atoms with E-state index in [1.54, 1.807) is 11.8 Å². The normalized spacial score (nSPS) is 15.1. The Labute approximate surface area is 196 Å². The highest BCUT2D eigenvalue weighted by atomic mass is 32.2. The number of thioether (sulfide) groups is 1. The summed E-state index contributed by atoms with van der Waals surface area (Å²) in [7, 11) is 0. The van der Waals surface area contributed by atoms with Crippen molar-refractivity contribution in [3.63, 3.8) is 0 Å². The molecule has 3 aromatic rings. The number of piperidine rings is 1. The molecule has 1 saturated heterocycles. The van der Waals surface area contributed by atoms with Crippen LogP contribution in [0.1, 0.15) is 46.7 Å². The molecule has 1 heterocycles. The van der Waals surface area contributed by atoms with E-state index in [1.807, 2.05) is 30.5 Å². The van der Waals surface area contributed by atoms with Crippen LogP contribution in [0.3, 0.4) is 0 Å². The monoisotopic (exact) mass is 444 g/mol. The summed E-state index contributed by atoms with van der Waals surface area (Å²) in [5.41, 5.74) is 3.55. The maximum Gasteiger partial charge on any atom is 0.252 e. The predicted molar refractivity (Wildman–Crippen MR) is 134 cm³/mol. The summed E-state index contributed by atoms with van der Waals surface area (Å²) < 4.78 is 0. The molecule has 1 N–H and O–H groups in total. The highest BCUT2D eigenvalue weighted by Crippen LogP contribution is 2.28. The predicted octanol–water partition coefficient (Wildman–Crippen LogP) is 5.82. The molecule has 1 fully saturated rings. The van der Waals surface area contributed by atoms with Crippen molar-refractivity contribution in [1.29, 1.82) is 0 Å². The first-order chi connectivity index (χ1) is 15.7. The minimum atomic E-state index is 0.0571. The van der Waals surface area contributed by atoms with Crippen LogP contribution in [0.4, 0.5) is 0 Å². The van der Waals surface area contributed by atoms with Gasteiger partial charge in [-0.2, -0.15) is 0 Å². The van der Waals surface area contributed by atoms with Crippen molar-refractivity contribution >= 4 is 17.7 Å². The smallest absolute Gasteiger partial charge is 0.252 e. The van der Waals surface area contributed by atoms with Crippen LogP contribution >= 0.6 is 11.8 Å². The molecule has 1 aliphatic rings. The van der Waals surface area contributed by atoms with Gasteiger partial charge in [0.1, 0.15) is 0 Å². The number of carbonyl (C=O) groups is 1. The summed E-state index contributed by atoms with van der Waals surface area (Å²) in [4.78, 5) is 16.4. The maximum absolute atomic E-state index is 12.8. The lowest BCUT2D eigenvalue weighted by atomic mass is 9.88. The molecule has 3 aromatic carbocycles. The molecule has 0 unspecified atom stereocenters. The molecule has 32 heavy (non-hydrogen) atoms. The molecule has 1 amide bonds. The van der Waals surface area contributed by atoms with Gasteiger partial charge in [0.25, 0.3) is 5.91 Å². The Hall–Kier alpha value is -2.56. The van der Waals surface area contributed by atoms with E-state index in [1.165, 1.54) is 11.1 Å². The Morgan fingerprint density at radius 3 is 2.06 bits per heavy atom. The van der Waals surface area contributed by atoms with Crippen molar-refractivity contribution in [2.75, 3.05) is 25.9 Å². The fraction of sp³-hybridized carbons (Fsp3) is 0.321. The zero-order valence-corrected chi connectivity index (χ0v) is 19.6. The van der Waals surface area contributed by atoms with Gasteiger partial charge in [-0.3, -0.25) is 4.79 Å². The van der Waals surface area contributed by atoms with Crippen molar-refractivity contribution < 1.29 is 4.79 Å². The number of hydrogen-bond acceptors (Lipinski definition) is 3. The Morgan fingerprint density at radius 1 is 0.906 bits per heavy atom. The van der Waals surface area contributed by atoms with E-state index in [4.69, 9.17) is 0 Å². The summed E-state index contributed by atoms with van der Waals surface area (Å²) in [6.45, 7) is 3.14. The largest absolute Gasteiger partial charge is 0.349 e. The minimum absolute atomic E-state index is 0.0571. The van der Waals surface area contributed by atoms with Crippen molar-refractivity contribution in [3.8, 4) is 0 Å². The van der Waals surface area contributed by atoms with Gasteiger partial charge >= 0.3 is 0 Å². The number of carbonyl (C=O) groups excluding carboxylic acids is 1. The second-order valence-corrected chi connectivity index (χ2v) is 9.30. The molecule has 3 nitrogen and oxygen atoms in total. The van der Waals surface area contributed by atoms with Gasteiger partial charge in [0.15, 0.2) is 0 Å². The van der Waals surface area contributed by atoms with E-state index >= 15 is 0 Å². The van der Waals surface area contributed by atoms with Crippen molar-refractivity contribution in [3.05, 3.63) is 102 Å². The van der Waals surface area contributed by atoms with Gasteiger partial charge < -0.3 is 10.2 Å². The number of likely N-dealkylation sites (tertiary alicyclic amines) is 1. The van der Waals surface area contributed by atoms with E-state index in [-0.39, 0.29) is 11.9 Å². The number of amides is 1. The van der Waals surface area contributed by atoms with Crippen LogP contribution in [0.2, 0.25) is 0 Å². The van der Waals surface area contributed by atoms with Gasteiger partial charge in [-0.25, -0.2) is 0 Å². The van der Waals surface area contributed by atoms with Gasteiger partial charge in [0.05, 0.1) is 5.56 Å². The maximum atomic E-state index is 12.8. The quantitative estimate of drug-likeness (QED) is 0.444. The second-order valence-electron chi connectivity index (χ2n) is 8.45. The Morgan fingerprint density at radius 2 is 1.47 bits per heavy atom. The van der Waals surface area contributed by atoms with Gasteiger partial charge in [-0.05, 0) is 55.3 Å². The first-order valence-electron chi connectivity index (χ1n) is 11.5. The molecule has 4 rings (SSSR count). The summed E-state index contributed by atoms with van der Waals surface area (Å²) in [6.07, 6.45) is 5.14. The third-order valence-electron chi connectivity index (χ3n) is 6.41. The molecule has 0 saturated carbocycles. The van der Waals surface area contributed by atoms with Crippen LogP contribution in [0.5, 0.6) is 0 Å². The third-order valence-corrected chi connectivity index (χ3v) is 7.21. The lowest BCUT2D eigenvalue weighted by Gasteiger charge is -2.33. The average molecular weight is 445 g/mol. The lowest BCUT2D eigenvalue weighted by molar-refractivity contribution is 0.0907. The van der Waals surface area contributed by atoms with Crippen LogP contribution in [-0.4, -0.2) is 42.7 Å².